The lowest BCUT2D eigenvalue weighted by atomic mass is 9.78. The molecule has 1 aliphatic rings. The third kappa shape index (κ3) is 14.4. The first-order valence-electron chi connectivity index (χ1n) is 10.1. The van der Waals surface area contributed by atoms with Crippen LogP contribution < -0.4 is 0 Å². The smallest absolute Gasteiger partial charge is 0.0186 e. The zero-order valence-electron chi connectivity index (χ0n) is 19.3. The topological polar surface area (TPSA) is 0 Å². The van der Waals surface area contributed by atoms with Crippen LogP contribution in [-0.2, 0) is 0 Å². The number of thiol groups is 1. The lowest BCUT2D eigenvalue weighted by molar-refractivity contribution is 0.259. The molecule has 0 N–H and O–H groups in total. The maximum Gasteiger partial charge on any atom is -0.0186 e. The van der Waals surface area contributed by atoms with Crippen LogP contribution in [0.15, 0.2) is 35.5 Å². The van der Waals surface area contributed by atoms with Gasteiger partial charge in [0, 0.05) is 0 Å². The van der Waals surface area contributed by atoms with Gasteiger partial charge in [-0.15, -0.1) is 0 Å². The second-order valence-corrected chi connectivity index (χ2v) is 7.69. The van der Waals surface area contributed by atoms with Gasteiger partial charge in [-0.2, -0.15) is 12.6 Å². The van der Waals surface area contributed by atoms with Gasteiger partial charge in [-0.05, 0) is 55.8 Å². The van der Waals surface area contributed by atoms with Crippen LogP contribution in [-0.4, -0.2) is 6.26 Å². The minimum absolute atomic E-state index is 0.457. The monoisotopic (exact) mass is 368 g/mol. The first kappa shape index (κ1) is 29.3. The summed E-state index contributed by atoms with van der Waals surface area (Å²) in [7, 11) is 0. The Balaban J connectivity index is -0.000000518. The maximum absolute atomic E-state index is 3.95. The number of rotatable bonds is 3. The quantitative estimate of drug-likeness (QED) is 0.373. The molecule has 2 atom stereocenters. The maximum atomic E-state index is 3.95. The van der Waals surface area contributed by atoms with E-state index in [1.807, 2.05) is 13.8 Å². The molecule has 0 aliphatic heterocycles. The molecule has 0 fully saturated rings. The van der Waals surface area contributed by atoms with Crippen molar-refractivity contribution in [1.29, 1.82) is 0 Å². The Hall–Kier alpha value is -0.430. The van der Waals surface area contributed by atoms with E-state index in [-0.39, 0.29) is 0 Å². The predicted molar refractivity (Wildman–Crippen MR) is 125 cm³/mol. The summed E-state index contributed by atoms with van der Waals surface area (Å²) >= 11 is 3.53. The van der Waals surface area contributed by atoms with Gasteiger partial charge in [-0.25, -0.2) is 0 Å². The number of allylic oxidation sites excluding steroid dienone is 5. The molecule has 0 spiro atoms. The molecule has 0 nitrogen and oxygen atoms in total. The normalized spacial score (nSPS) is 21.8. The number of unbranched alkanes of at least 4 members (excludes halogenated alkanes) is 1. The van der Waals surface area contributed by atoms with Crippen LogP contribution in [0.1, 0.15) is 94.9 Å². The summed E-state index contributed by atoms with van der Waals surface area (Å²) in [5, 5.41) is 0. The lowest BCUT2D eigenvalue weighted by Crippen LogP contribution is -2.16. The van der Waals surface area contributed by atoms with E-state index in [1.54, 1.807) is 11.8 Å². The molecule has 0 aromatic heterocycles. The molecule has 0 radical (unpaired) electrons. The highest BCUT2D eigenvalue weighted by Crippen LogP contribution is 2.42. The molecule has 0 saturated carbocycles. The van der Waals surface area contributed by atoms with Crippen molar-refractivity contribution in [1.82, 2.24) is 0 Å². The summed E-state index contributed by atoms with van der Waals surface area (Å²) in [6.07, 6.45) is 11.4. The average molecular weight is 369 g/mol. The molecule has 1 heteroatoms. The molecule has 0 aromatic rings. The van der Waals surface area contributed by atoms with Gasteiger partial charge in [-0.3, -0.25) is 0 Å². The van der Waals surface area contributed by atoms with Crippen LogP contribution in [0.5, 0.6) is 0 Å². The fourth-order valence-corrected chi connectivity index (χ4v) is 3.21. The Labute approximate surface area is 166 Å². The third-order valence-corrected chi connectivity index (χ3v) is 4.49. The minimum Gasteiger partial charge on any atom is -0.183 e. The number of hydrogen-bond acceptors (Lipinski definition) is 1. The molecule has 0 aromatic carbocycles. The largest absolute Gasteiger partial charge is 0.183 e. The van der Waals surface area contributed by atoms with Gasteiger partial charge < -0.3 is 0 Å². The fourth-order valence-electron chi connectivity index (χ4n) is 3.21. The Morgan fingerprint density at radius 2 is 1.48 bits per heavy atom. The van der Waals surface area contributed by atoms with Gasteiger partial charge in [-0.1, -0.05) is 98.1 Å². The second kappa shape index (κ2) is 17.0. The highest BCUT2D eigenvalue weighted by molar-refractivity contribution is 7.79. The van der Waals surface area contributed by atoms with Crippen LogP contribution in [0.25, 0.3) is 0 Å². The van der Waals surface area contributed by atoms with Gasteiger partial charge in [0.25, 0.3) is 0 Å². The molecule has 0 amide bonds. The van der Waals surface area contributed by atoms with Crippen molar-refractivity contribution in [3.05, 3.63) is 35.5 Å². The summed E-state index contributed by atoms with van der Waals surface area (Å²) in [6, 6.07) is 0. The van der Waals surface area contributed by atoms with Crippen LogP contribution in [0.3, 0.4) is 0 Å². The molecule has 2 unspecified atom stereocenters. The van der Waals surface area contributed by atoms with Gasteiger partial charge in [0.2, 0.25) is 0 Å². The van der Waals surface area contributed by atoms with Crippen LogP contribution >= 0.6 is 12.6 Å². The van der Waals surface area contributed by atoms with Crippen molar-refractivity contribution in [3.63, 3.8) is 0 Å². The lowest BCUT2D eigenvalue weighted by Gasteiger charge is -2.27. The summed E-state index contributed by atoms with van der Waals surface area (Å²) in [5.41, 5.74) is 4.69. The predicted octanol–water partition coefficient (Wildman–Crippen LogP) is 8.91. The van der Waals surface area contributed by atoms with Crippen molar-refractivity contribution in [2.24, 2.45) is 17.3 Å². The fraction of sp³-hybridized carbons (Fsp3) is 0.750. The SMILES string of the molecule is C=C(C)/C=C\C1=C(C)C(C)CC(C)(C)CC1C.CC.CCCC.CS. The van der Waals surface area contributed by atoms with Crippen molar-refractivity contribution < 1.29 is 0 Å². The van der Waals surface area contributed by atoms with E-state index in [0.29, 0.717) is 17.3 Å². The molecule has 0 bridgehead atoms. The van der Waals surface area contributed by atoms with Crippen molar-refractivity contribution >= 4 is 12.6 Å². The number of hydrogen-bond donors (Lipinski definition) is 1. The average Bonchev–Trinajstić information content (AvgIpc) is 2.64. The van der Waals surface area contributed by atoms with Crippen molar-refractivity contribution in [2.75, 3.05) is 6.26 Å². The summed E-state index contributed by atoms with van der Waals surface area (Å²) in [4.78, 5) is 0. The highest BCUT2D eigenvalue weighted by Gasteiger charge is 2.30. The van der Waals surface area contributed by atoms with Gasteiger partial charge in [0.1, 0.15) is 0 Å². The molecular weight excluding hydrogens is 320 g/mol. The van der Waals surface area contributed by atoms with Crippen LogP contribution in [0.2, 0.25) is 0 Å². The Kier molecular flexibility index (Phi) is 20.0. The molecule has 1 rings (SSSR count). The molecular formula is C24H48S. The molecule has 0 saturated heterocycles. The Morgan fingerprint density at radius 1 is 1.08 bits per heavy atom. The zero-order valence-corrected chi connectivity index (χ0v) is 20.2. The van der Waals surface area contributed by atoms with Crippen molar-refractivity contribution in [2.45, 2.75) is 94.9 Å². The van der Waals surface area contributed by atoms with E-state index in [1.165, 1.54) is 31.3 Å². The molecule has 150 valence electrons. The zero-order chi connectivity index (χ0) is 20.6. The van der Waals surface area contributed by atoms with Gasteiger partial charge in [0.15, 0.2) is 0 Å². The summed E-state index contributed by atoms with van der Waals surface area (Å²) in [6.45, 7) is 26.2. The first-order chi connectivity index (χ1) is 11.6. The van der Waals surface area contributed by atoms with E-state index < -0.39 is 0 Å². The Bertz CT molecular complexity index is 383. The van der Waals surface area contributed by atoms with Crippen molar-refractivity contribution in [3.8, 4) is 0 Å². The second-order valence-electron chi connectivity index (χ2n) is 7.69. The van der Waals surface area contributed by atoms with Crippen LogP contribution in [0, 0.1) is 17.3 Å². The standard InChI is InChI=1S/C17H28.C4H10.C2H6.CH4S/c1-12(2)8-9-16-14(4)11-17(6,7)10-13(3)15(16)5;1-3-4-2;2*1-2/h8-9,13-14H,1,10-11H2,2-7H3;3-4H2,1-2H3;1-2H3;2H,1H3/b9-8-;;;. The van der Waals surface area contributed by atoms with Gasteiger partial charge in [0.05, 0.1) is 0 Å². The molecule has 1 aliphatic carbocycles. The van der Waals surface area contributed by atoms with Crippen LogP contribution in [0.4, 0.5) is 0 Å². The van der Waals surface area contributed by atoms with E-state index in [4.69, 9.17) is 0 Å². The Morgan fingerprint density at radius 3 is 1.84 bits per heavy atom. The third-order valence-electron chi connectivity index (χ3n) is 4.49. The highest BCUT2D eigenvalue weighted by atomic mass is 32.1. The van der Waals surface area contributed by atoms with E-state index in [9.17, 15) is 0 Å². The summed E-state index contributed by atoms with van der Waals surface area (Å²) < 4.78 is 0. The van der Waals surface area contributed by atoms with E-state index >= 15 is 0 Å². The minimum atomic E-state index is 0.457. The van der Waals surface area contributed by atoms with E-state index in [2.05, 4.69) is 86.7 Å². The molecule has 25 heavy (non-hydrogen) atoms. The van der Waals surface area contributed by atoms with E-state index in [0.717, 1.165) is 5.57 Å². The molecule has 0 heterocycles. The summed E-state index contributed by atoms with van der Waals surface area (Å²) in [5.74, 6) is 1.35. The van der Waals surface area contributed by atoms with Gasteiger partial charge >= 0.3 is 0 Å². The first-order valence-corrected chi connectivity index (χ1v) is 11.0.